The van der Waals surface area contributed by atoms with Crippen LogP contribution in [0, 0.1) is 0 Å². The Balaban J connectivity index is 1.59. The molecule has 0 saturated heterocycles. The highest BCUT2D eigenvalue weighted by atomic mass is 16.2. The predicted molar refractivity (Wildman–Crippen MR) is 105 cm³/mol. The normalized spacial score (nSPS) is 12.0. The number of benzene rings is 2. The topological polar surface area (TPSA) is 111 Å². The molecule has 0 aliphatic rings. The summed E-state index contributed by atoms with van der Waals surface area (Å²) in [4.78, 5) is 37.8. The average Bonchev–Trinajstić information content (AvgIpc) is 2.72. The van der Waals surface area contributed by atoms with E-state index in [0.29, 0.717) is 22.3 Å². The second-order valence-corrected chi connectivity index (χ2v) is 6.36. The first-order chi connectivity index (χ1) is 13.6. The molecule has 4 aromatic rings. The number of para-hydroxylation sites is 3. The lowest BCUT2D eigenvalue weighted by Crippen LogP contribution is -2.46. The number of amides is 2. The van der Waals surface area contributed by atoms with Gasteiger partial charge in [-0.1, -0.05) is 30.3 Å². The molecule has 0 saturated carbocycles. The van der Waals surface area contributed by atoms with Crippen molar-refractivity contribution in [2.24, 2.45) is 5.73 Å². The summed E-state index contributed by atoms with van der Waals surface area (Å²) in [6, 6.07) is 15.5. The van der Waals surface area contributed by atoms with Crippen molar-refractivity contribution in [3.05, 3.63) is 78.2 Å². The molecule has 2 heterocycles. The lowest BCUT2D eigenvalue weighted by Gasteiger charge is -2.16. The van der Waals surface area contributed by atoms with E-state index in [1.165, 1.54) is 0 Å². The fourth-order valence-corrected chi connectivity index (χ4v) is 3.05. The first-order valence-corrected chi connectivity index (χ1v) is 8.76. The van der Waals surface area contributed by atoms with Gasteiger partial charge in [0.25, 0.3) is 5.91 Å². The van der Waals surface area contributed by atoms with Crippen molar-refractivity contribution in [3.8, 4) is 0 Å². The molecule has 0 spiro atoms. The fourth-order valence-electron chi connectivity index (χ4n) is 3.05. The average molecular weight is 371 g/mol. The first-order valence-electron chi connectivity index (χ1n) is 8.76. The molecule has 2 aromatic carbocycles. The third-order valence-corrected chi connectivity index (χ3v) is 4.44. The third-order valence-electron chi connectivity index (χ3n) is 4.44. The van der Waals surface area contributed by atoms with Crippen LogP contribution in [-0.2, 0) is 11.2 Å². The molecular weight excluding hydrogens is 354 g/mol. The zero-order chi connectivity index (χ0) is 19.5. The van der Waals surface area contributed by atoms with Crippen molar-refractivity contribution < 1.29 is 9.59 Å². The van der Waals surface area contributed by atoms with E-state index in [0.717, 1.165) is 10.9 Å². The molecule has 0 aliphatic carbocycles. The number of rotatable bonds is 5. The van der Waals surface area contributed by atoms with Crippen molar-refractivity contribution >= 4 is 33.8 Å². The van der Waals surface area contributed by atoms with E-state index in [2.05, 4.69) is 20.3 Å². The van der Waals surface area contributed by atoms with Crippen LogP contribution in [0.15, 0.2) is 67.0 Å². The van der Waals surface area contributed by atoms with Gasteiger partial charge in [0.1, 0.15) is 6.04 Å². The van der Waals surface area contributed by atoms with Crippen LogP contribution < -0.4 is 11.1 Å². The summed E-state index contributed by atoms with van der Waals surface area (Å²) in [5.41, 5.74) is 8.51. The summed E-state index contributed by atoms with van der Waals surface area (Å²) >= 11 is 0. The minimum Gasteiger partial charge on any atom is -0.368 e. The first kappa shape index (κ1) is 17.5. The largest absolute Gasteiger partial charge is 0.368 e. The molecule has 1 atom stereocenters. The van der Waals surface area contributed by atoms with Crippen LogP contribution in [0.25, 0.3) is 21.9 Å². The third kappa shape index (κ3) is 3.50. The SMILES string of the molecule is NC(=O)[C@@H](Cc1cnc2ccccc2n1)NC(=O)c1cccc2cccnc12. The smallest absolute Gasteiger partial charge is 0.254 e. The Morgan fingerprint density at radius 3 is 2.57 bits per heavy atom. The number of carbonyl (C=O) groups is 2. The number of fused-ring (bicyclic) bond motifs is 2. The number of aromatic nitrogens is 3. The number of hydrogen-bond donors (Lipinski definition) is 2. The maximum atomic E-state index is 12.8. The van der Waals surface area contributed by atoms with Crippen LogP contribution >= 0.6 is 0 Å². The Morgan fingerprint density at radius 1 is 0.964 bits per heavy atom. The Bertz CT molecular complexity index is 1190. The minimum atomic E-state index is -0.915. The van der Waals surface area contributed by atoms with Crippen molar-refractivity contribution in [2.45, 2.75) is 12.5 Å². The number of pyridine rings is 1. The minimum absolute atomic E-state index is 0.150. The molecule has 0 aliphatic heterocycles. The fraction of sp³-hybridized carbons (Fsp3) is 0.0952. The van der Waals surface area contributed by atoms with Crippen LogP contribution in [0.4, 0.5) is 0 Å². The van der Waals surface area contributed by atoms with Crippen molar-refractivity contribution in [1.29, 1.82) is 0 Å². The molecule has 7 heteroatoms. The number of primary amides is 1. The lowest BCUT2D eigenvalue weighted by atomic mass is 10.1. The Morgan fingerprint density at radius 2 is 1.75 bits per heavy atom. The van der Waals surface area contributed by atoms with Crippen LogP contribution in [0.1, 0.15) is 16.1 Å². The molecule has 2 aromatic heterocycles. The van der Waals surface area contributed by atoms with Gasteiger partial charge in [0.2, 0.25) is 5.91 Å². The molecule has 0 bridgehead atoms. The quantitative estimate of drug-likeness (QED) is 0.557. The summed E-state index contributed by atoms with van der Waals surface area (Å²) in [6.07, 6.45) is 3.36. The molecule has 7 nitrogen and oxygen atoms in total. The highest BCUT2D eigenvalue weighted by molar-refractivity contribution is 6.06. The van der Waals surface area contributed by atoms with E-state index in [-0.39, 0.29) is 6.42 Å². The van der Waals surface area contributed by atoms with E-state index in [4.69, 9.17) is 5.73 Å². The zero-order valence-electron chi connectivity index (χ0n) is 14.9. The number of nitrogens with two attached hydrogens (primary N) is 1. The zero-order valence-corrected chi connectivity index (χ0v) is 14.9. The van der Waals surface area contributed by atoms with Gasteiger partial charge in [-0.15, -0.1) is 0 Å². The molecular formula is C21H17N5O2. The van der Waals surface area contributed by atoms with Gasteiger partial charge < -0.3 is 11.1 Å². The van der Waals surface area contributed by atoms with Crippen molar-refractivity contribution in [3.63, 3.8) is 0 Å². The molecule has 0 unspecified atom stereocenters. The summed E-state index contributed by atoms with van der Waals surface area (Å²) in [7, 11) is 0. The number of carbonyl (C=O) groups excluding carboxylic acids is 2. The molecule has 3 N–H and O–H groups in total. The van der Waals surface area contributed by atoms with Gasteiger partial charge in [0, 0.05) is 24.2 Å². The predicted octanol–water partition coefficient (Wildman–Crippen LogP) is 2.00. The second-order valence-electron chi connectivity index (χ2n) is 6.36. The van der Waals surface area contributed by atoms with Gasteiger partial charge >= 0.3 is 0 Å². The molecule has 2 amide bonds. The molecule has 28 heavy (non-hydrogen) atoms. The van der Waals surface area contributed by atoms with Crippen LogP contribution in [0.2, 0.25) is 0 Å². The van der Waals surface area contributed by atoms with Crippen LogP contribution in [0.5, 0.6) is 0 Å². The second kappa shape index (κ2) is 7.40. The Kier molecular flexibility index (Phi) is 4.63. The lowest BCUT2D eigenvalue weighted by molar-refractivity contribution is -0.119. The van der Waals surface area contributed by atoms with E-state index >= 15 is 0 Å². The van der Waals surface area contributed by atoms with Gasteiger partial charge in [-0.2, -0.15) is 0 Å². The molecule has 138 valence electrons. The van der Waals surface area contributed by atoms with Gasteiger partial charge in [-0.3, -0.25) is 19.6 Å². The molecule has 0 fully saturated rings. The highest BCUT2D eigenvalue weighted by Gasteiger charge is 2.21. The molecule has 4 rings (SSSR count). The Labute approximate surface area is 160 Å². The molecule has 0 radical (unpaired) electrons. The van der Waals surface area contributed by atoms with Crippen LogP contribution in [0.3, 0.4) is 0 Å². The van der Waals surface area contributed by atoms with E-state index in [1.807, 2.05) is 36.4 Å². The monoisotopic (exact) mass is 371 g/mol. The maximum Gasteiger partial charge on any atom is 0.254 e. The van der Waals surface area contributed by atoms with Gasteiger partial charge in [0.15, 0.2) is 0 Å². The van der Waals surface area contributed by atoms with Crippen molar-refractivity contribution in [2.75, 3.05) is 0 Å². The van der Waals surface area contributed by atoms with Gasteiger partial charge in [0.05, 0.1) is 27.8 Å². The van der Waals surface area contributed by atoms with E-state index in [9.17, 15) is 9.59 Å². The number of hydrogen-bond acceptors (Lipinski definition) is 5. The maximum absolute atomic E-state index is 12.8. The van der Waals surface area contributed by atoms with E-state index < -0.39 is 17.9 Å². The Hall–Kier alpha value is -3.87. The van der Waals surface area contributed by atoms with Gasteiger partial charge in [-0.05, 0) is 24.3 Å². The summed E-state index contributed by atoms with van der Waals surface area (Å²) < 4.78 is 0. The number of nitrogens with zero attached hydrogens (tertiary/aromatic N) is 3. The number of nitrogens with one attached hydrogen (secondary N) is 1. The van der Waals surface area contributed by atoms with Crippen molar-refractivity contribution in [1.82, 2.24) is 20.3 Å². The summed E-state index contributed by atoms with van der Waals surface area (Å²) in [5.74, 6) is -1.06. The highest BCUT2D eigenvalue weighted by Crippen LogP contribution is 2.16. The van der Waals surface area contributed by atoms with E-state index in [1.54, 1.807) is 30.6 Å². The summed E-state index contributed by atoms with van der Waals surface area (Å²) in [6.45, 7) is 0. The summed E-state index contributed by atoms with van der Waals surface area (Å²) in [5, 5.41) is 3.54. The standard InChI is InChI=1S/C21H17N5O2/c22-20(27)18(11-14-12-24-16-8-1-2-9-17(16)25-14)26-21(28)15-7-3-5-13-6-4-10-23-19(13)15/h1-10,12,18H,11H2,(H2,22,27)(H,26,28)/t18-/m1/s1. The van der Waals surface area contributed by atoms with Crippen LogP contribution in [-0.4, -0.2) is 32.8 Å². The van der Waals surface area contributed by atoms with Gasteiger partial charge in [-0.25, -0.2) is 4.98 Å².